The minimum atomic E-state index is -0.236. The van der Waals surface area contributed by atoms with Gasteiger partial charge in [0.1, 0.15) is 5.82 Å². The molecule has 2 nitrogen and oxygen atoms in total. The van der Waals surface area contributed by atoms with Gasteiger partial charge in [0.25, 0.3) is 0 Å². The summed E-state index contributed by atoms with van der Waals surface area (Å²) in [7, 11) is 0. The molecule has 2 aromatic rings. The maximum absolute atomic E-state index is 13.2. The van der Waals surface area contributed by atoms with E-state index in [4.69, 9.17) is 5.73 Å². The Bertz CT molecular complexity index is 530. The molecule has 0 aliphatic heterocycles. The number of hydrogen-bond donors (Lipinski definition) is 2. The molecular formula is C14H15FN2. The lowest BCUT2D eigenvalue weighted by molar-refractivity contribution is 0.627. The van der Waals surface area contributed by atoms with Gasteiger partial charge in [-0.25, -0.2) is 4.39 Å². The number of nitrogen functional groups attached to an aromatic ring is 1. The highest BCUT2D eigenvalue weighted by Gasteiger charge is 2.01. The highest BCUT2D eigenvalue weighted by Crippen LogP contribution is 2.23. The predicted octanol–water partition coefficient (Wildman–Crippen LogP) is 3.77. The fourth-order valence-corrected chi connectivity index (χ4v) is 1.79. The third-order valence-electron chi connectivity index (χ3n) is 2.57. The third kappa shape index (κ3) is 2.75. The van der Waals surface area contributed by atoms with Gasteiger partial charge in [-0.3, -0.25) is 0 Å². The molecule has 3 N–H and O–H groups in total. The van der Waals surface area contributed by atoms with E-state index in [2.05, 4.69) is 5.32 Å². The van der Waals surface area contributed by atoms with Crippen LogP contribution in [0.3, 0.4) is 0 Å². The molecule has 0 aliphatic rings. The Labute approximate surface area is 100 Å². The van der Waals surface area contributed by atoms with Gasteiger partial charge in [0, 0.05) is 17.1 Å². The minimum Gasteiger partial charge on any atom is -0.399 e. The van der Waals surface area contributed by atoms with Crippen LogP contribution in [0.25, 0.3) is 0 Å². The van der Waals surface area contributed by atoms with Crippen LogP contribution in [0, 0.1) is 19.7 Å². The van der Waals surface area contributed by atoms with Crippen molar-refractivity contribution in [1.82, 2.24) is 0 Å². The Hall–Kier alpha value is -2.03. The summed E-state index contributed by atoms with van der Waals surface area (Å²) in [6.45, 7) is 3.83. The second-order valence-corrected chi connectivity index (χ2v) is 4.22. The van der Waals surface area contributed by atoms with Crippen molar-refractivity contribution in [3.05, 3.63) is 53.3 Å². The van der Waals surface area contributed by atoms with E-state index < -0.39 is 0 Å². The Morgan fingerprint density at radius 3 is 2.47 bits per heavy atom. The molecule has 0 amide bonds. The SMILES string of the molecule is Cc1cc(F)cc(Nc2ccc(N)cc2C)c1. The van der Waals surface area contributed by atoms with Gasteiger partial charge < -0.3 is 11.1 Å². The number of nitrogens with two attached hydrogens (primary N) is 1. The average Bonchev–Trinajstić information content (AvgIpc) is 2.21. The fourth-order valence-electron chi connectivity index (χ4n) is 1.79. The van der Waals surface area contributed by atoms with E-state index in [0.29, 0.717) is 0 Å². The van der Waals surface area contributed by atoms with Gasteiger partial charge in [-0.2, -0.15) is 0 Å². The summed E-state index contributed by atoms with van der Waals surface area (Å²) in [6.07, 6.45) is 0. The number of benzene rings is 2. The maximum atomic E-state index is 13.2. The zero-order valence-corrected chi connectivity index (χ0v) is 9.92. The molecule has 0 fully saturated rings. The molecule has 0 saturated carbocycles. The van der Waals surface area contributed by atoms with Crippen molar-refractivity contribution in [1.29, 1.82) is 0 Å². The Balaban J connectivity index is 2.31. The van der Waals surface area contributed by atoms with Gasteiger partial charge in [-0.15, -0.1) is 0 Å². The molecule has 88 valence electrons. The zero-order chi connectivity index (χ0) is 12.4. The van der Waals surface area contributed by atoms with Gasteiger partial charge in [0.15, 0.2) is 0 Å². The summed E-state index contributed by atoms with van der Waals surface area (Å²) in [4.78, 5) is 0. The van der Waals surface area contributed by atoms with Crippen LogP contribution in [0.2, 0.25) is 0 Å². The van der Waals surface area contributed by atoms with E-state index in [1.165, 1.54) is 12.1 Å². The Morgan fingerprint density at radius 1 is 1.06 bits per heavy atom. The van der Waals surface area contributed by atoms with E-state index in [0.717, 1.165) is 28.2 Å². The number of hydrogen-bond acceptors (Lipinski definition) is 2. The average molecular weight is 230 g/mol. The molecule has 3 heteroatoms. The monoisotopic (exact) mass is 230 g/mol. The van der Waals surface area contributed by atoms with Crippen molar-refractivity contribution >= 4 is 17.1 Å². The van der Waals surface area contributed by atoms with E-state index in [-0.39, 0.29) is 5.82 Å². The Kier molecular flexibility index (Phi) is 3.00. The van der Waals surface area contributed by atoms with Crippen LogP contribution in [0.1, 0.15) is 11.1 Å². The predicted molar refractivity (Wildman–Crippen MR) is 70.0 cm³/mol. The summed E-state index contributed by atoms with van der Waals surface area (Å²) in [5.74, 6) is -0.236. The lowest BCUT2D eigenvalue weighted by Gasteiger charge is -2.11. The minimum absolute atomic E-state index is 0.236. The second-order valence-electron chi connectivity index (χ2n) is 4.22. The standard InChI is InChI=1S/C14H15FN2/c1-9-5-11(15)8-13(6-9)17-14-4-3-12(16)7-10(14)2/h3-8,17H,16H2,1-2H3. The summed E-state index contributed by atoms with van der Waals surface area (Å²) in [6, 6.07) is 10.5. The van der Waals surface area contributed by atoms with E-state index in [9.17, 15) is 4.39 Å². The molecule has 2 aromatic carbocycles. The van der Waals surface area contributed by atoms with Crippen LogP contribution >= 0.6 is 0 Å². The summed E-state index contributed by atoms with van der Waals surface area (Å²) >= 11 is 0. The number of nitrogens with one attached hydrogen (secondary N) is 1. The molecular weight excluding hydrogens is 215 g/mol. The molecule has 0 saturated heterocycles. The van der Waals surface area contributed by atoms with E-state index >= 15 is 0 Å². The molecule has 0 bridgehead atoms. The number of anilines is 3. The molecule has 0 aliphatic carbocycles. The van der Waals surface area contributed by atoms with Crippen molar-refractivity contribution < 1.29 is 4.39 Å². The van der Waals surface area contributed by atoms with Gasteiger partial charge >= 0.3 is 0 Å². The van der Waals surface area contributed by atoms with Crippen LogP contribution < -0.4 is 11.1 Å². The largest absolute Gasteiger partial charge is 0.399 e. The van der Waals surface area contributed by atoms with Crippen LogP contribution in [0.4, 0.5) is 21.5 Å². The lowest BCUT2D eigenvalue weighted by atomic mass is 10.1. The van der Waals surface area contributed by atoms with Crippen LogP contribution in [0.5, 0.6) is 0 Å². The number of halogens is 1. The smallest absolute Gasteiger partial charge is 0.125 e. The molecule has 0 unspecified atom stereocenters. The van der Waals surface area contributed by atoms with E-state index in [1.807, 2.05) is 38.1 Å². The summed E-state index contributed by atoms with van der Waals surface area (Å²) < 4.78 is 13.2. The molecule has 0 atom stereocenters. The first-order valence-electron chi connectivity index (χ1n) is 5.45. The summed E-state index contributed by atoms with van der Waals surface area (Å²) in [5, 5.41) is 3.19. The van der Waals surface area contributed by atoms with Crippen molar-refractivity contribution in [3.8, 4) is 0 Å². The summed E-state index contributed by atoms with van der Waals surface area (Å²) in [5.41, 5.74) is 10.0. The van der Waals surface area contributed by atoms with Gasteiger partial charge in [-0.1, -0.05) is 0 Å². The van der Waals surface area contributed by atoms with E-state index in [1.54, 1.807) is 0 Å². The topological polar surface area (TPSA) is 38.0 Å². The molecule has 0 radical (unpaired) electrons. The number of rotatable bonds is 2. The van der Waals surface area contributed by atoms with Gasteiger partial charge in [-0.05, 0) is 61.4 Å². The molecule has 2 rings (SSSR count). The van der Waals surface area contributed by atoms with Crippen LogP contribution in [0.15, 0.2) is 36.4 Å². The van der Waals surface area contributed by atoms with Crippen molar-refractivity contribution in [2.75, 3.05) is 11.1 Å². The highest BCUT2D eigenvalue weighted by atomic mass is 19.1. The van der Waals surface area contributed by atoms with Crippen LogP contribution in [-0.4, -0.2) is 0 Å². The van der Waals surface area contributed by atoms with Crippen molar-refractivity contribution in [2.24, 2.45) is 0 Å². The normalized spacial score (nSPS) is 10.3. The maximum Gasteiger partial charge on any atom is 0.125 e. The first-order valence-corrected chi connectivity index (χ1v) is 5.45. The molecule has 0 aromatic heterocycles. The first kappa shape index (κ1) is 11.5. The number of aryl methyl sites for hydroxylation is 2. The van der Waals surface area contributed by atoms with Crippen molar-refractivity contribution in [3.63, 3.8) is 0 Å². The lowest BCUT2D eigenvalue weighted by Crippen LogP contribution is -1.95. The molecule has 0 heterocycles. The van der Waals surface area contributed by atoms with Gasteiger partial charge in [0.05, 0.1) is 0 Å². The molecule has 0 spiro atoms. The van der Waals surface area contributed by atoms with Gasteiger partial charge in [0.2, 0.25) is 0 Å². The highest BCUT2D eigenvalue weighted by molar-refractivity contribution is 5.66. The second kappa shape index (κ2) is 4.45. The van der Waals surface area contributed by atoms with Crippen LogP contribution in [-0.2, 0) is 0 Å². The first-order chi connectivity index (χ1) is 8.04. The molecule has 17 heavy (non-hydrogen) atoms. The third-order valence-corrected chi connectivity index (χ3v) is 2.57. The zero-order valence-electron chi connectivity index (χ0n) is 9.92. The van der Waals surface area contributed by atoms with Crippen molar-refractivity contribution in [2.45, 2.75) is 13.8 Å². The Morgan fingerprint density at radius 2 is 1.82 bits per heavy atom. The fraction of sp³-hybridized carbons (Fsp3) is 0.143. The quantitative estimate of drug-likeness (QED) is 0.771.